The van der Waals surface area contributed by atoms with Gasteiger partial charge in [-0.3, -0.25) is 4.79 Å². The average molecular weight is 395 g/mol. The van der Waals surface area contributed by atoms with Crippen molar-refractivity contribution in [1.29, 1.82) is 0 Å². The van der Waals surface area contributed by atoms with Crippen LogP contribution in [-0.2, 0) is 14.8 Å². The van der Waals surface area contributed by atoms with Gasteiger partial charge in [-0.1, -0.05) is 12.1 Å². The van der Waals surface area contributed by atoms with Crippen LogP contribution in [0.4, 0.5) is 5.69 Å². The summed E-state index contributed by atoms with van der Waals surface area (Å²) in [5, 5.41) is 2.65. The largest absolute Gasteiger partial charge is 0.492 e. The second kappa shape index (κ2) is 9.07. The van der Waals surface area contributed by atoms with Gasteiger partial charge < -0.3 is 10.1 Å². The van der Waals surface area contributed by atoms with E-state index in [1.54, 1.807) is 6.07 Å². The lowest BCUT2D eigenvalue weighted by Gasteiger charge is -2.12. The van der Waals surface area contributed by atoms with E-state index in [-0.39, 0.29) is 24.0 Å². The van der Waals surface area contributed by atoms with Crippen LogP contribution in [0, 0.1) is 6.92 Å². The topological polar surface area (TPSA) is 84.5 Å². The second-order valence-corrected chi connectivity index (χ2v) is 8.22. The lowest BCUT2D eigenvalue weighted by Crippen LogP contribution is -2.28. The summed E-state index contributed by atoms with van der Waals surface area (Å²) in [6, 6.07) is 12.2. The van der Waals surface area contributed by atoms with Gasteiger partial charge in [0.05, 0.1) is 10.6 Å². The van der Waals surface area contributed by atoms with Crippen LogP contribution in [-0.4, -0.2) is 33.7 Å². The number of hydrogen-bond acceptors (Lipinski definition) is 5. The highest BCUT2D eigenvalue weighted by Crippen LogP contribution is 2.28. The number of carbonyl (C=O) groups excluding carboxylic acids is 1. The summed E-state index contributed by atoms with van der Waals surface area (Å²) in [5.74, 6) is 0.441. The predicted octanol–water partition coefficient (Wildman–Crippen LogP) is 3.03. The van der Waals surface area contributed by atoms with Crippen molar-refractivity contribution in [2.75, 3.05) is 24.7 Å². The molecular weight excluding hydrogens is 372 g/mol. The molecule has 0 aromatic heterocycles. The molecule has 0 bridgehead atoms. The molecule has 0 saturated heterocycles. The zero-order valence-corrected chi connectivity index (χ0v) is 16.5. The first-order valence-corrected chi connectivity index (χ1v) is 10.7. The summed E-state index contributed by atoms with van der Waals surface area (Å²) in [5.41, 5.74) is 1.55. The normalized spacial score (nSPS) is 11.2. The molecule has 26 heavy (non-hydrogen) atoms. The molecule has 0 aliphatic rings. The average Bonchev–Trinajstić information content (AvgIpc) is 2.58. The van der Waals surface area contributed by atoms with Crippen molar-refractivity contribution in [2.24, 2.45) is 0 Å². The van der Waals surface area contributed by atoms with Crippen molar-refractivity contribution in [3.8, 4) is 5.75 Å². The molecule has 140 valence electrons. The second-order valence-electron chi connectivity index (χ2n) is 5.61. The maximum atomic E-state index is 12.4. The van der Waals surface area contributed by atoms with E-state index >= 15 is 0 Å². The lowest BCUT2D eigenvalue weighted by molar-refractivity contribution is -0.114. The third-order valence-electron chi connectivity index (χ3n) is 3.44. The molecule has 0 aliphatic carbocycles. The van der Waals surface area contributed by atoms with E-state index in [1.165, 1.54) is 30.8 Å². The lowest BCUT2D eigenvalue weighted by atomic mass is 10.2. The third kappa shape index (κ3) is 5.76. The summed E-state index contributed by atoms with van der Waals surface area (Å²) in [7, 11) is -3.70. The Morgan fingerprint density at radius 2 is 1.96 bits per heavy atom. The summed E-state index contributed by atoms with van der Waals surface area (Å²) < 4.78 is 32.9. The van der Waals surface area contributed by atoms with Crippen LogP contribution in [0.5, 0.6) is 5.75 Å². The van der Waals surface area contributed by atoms with E-state index in [9.17, 15) is 13.2 Å². The molecule has 0 aliphatic heterocycles. The number of benzene rings is 2. The summed E-state index contributed by atoms with van der Waals surface area (Å²) in [6.07, 6.45) is 1.86. The summed E-state index contributed by atoms with van der Waals surface area (Å²) in [6.45, 7) is 3.69. The van der Waals surface area contributed by atoms with Gasteiger partial charge in [0.2, 0.25) is 15.9 Å². The molecule has 6 nitrogen and oxygen atoms in total. The Bertz CT molecular complexity index is 883. The van der Waals surface area contributed by atoms with Crippen molar-refractivity contribution >= 4 is 33.4 Å². The van der Waals surface area contributed by atoms with Crippen LogP contribution >= 0.6 is 11.8 Å². The molecule has 0 saturated carbocycles. The Hall–Kier alpha value is -2.03. The van der Waals surface area contributed by atoms with Gasteiger partial charge in [-0.15, -0.1) is 11.8 Å². The van der Waals surface area contributed by atoms with Gasteiger partial charge in [0.25, 0.3) is 0 Å². The van der Waals surface area contributed by atoms with E-state index in [4.69, 9.17) is 4.74 Å². The first-order chi connectivity index (χ1) is 12.3. The Morgan fingerprint density at radius 3 is 2.62 bits per heavy atom. The van der Waals surface area contributed by atoms with Gasteiger partial charge in [0.1, 0.15) is 12.4 Å². The molecule has 2 rings (SSSR count). The summed E-state index contributed by atoms with van der Waals surface area (Å²) in [4.78, 5) is 12.2. The quantitative estimate of drug-likeness (QED) is 0.531. The number of thioether (sulfide) groups is 1. The molecule has 0 heterocycles. The van der Waals surface area contributed by atoms with E-state index < -0.39 is 10.0 Å². The highest BCUT2D eigenvalue weighted by Gasteiger charge is 2.16. The number of anilines is 1. The van der Waals surface area contributed by atoms with Crippen LogP contribution in [0.15, 0.2) is 52.3 Å². The third-order valence-corrected chi connectivity index (χ3v) is 5.70. The maximum absolute atomic E-state index is 12.4. The van der Waals surface area contributed by atoms with Crippen LogP contribution < -0.4 is 14.8 Å². The molecule has 2 aromatic carbocycles. The standard InChI is InChI=1S/C18H22N2O4S2/c1-13-5-4-6-15(11-13)24-10-9-19-26(22,23)16-7-8-18(25-3)17(12-16)20-14(2)21/h4-8,11-12,19H,9-10H2,1-3H3,(H,20,21). The Labute approximate surface area is 158 Å². The Balaban J connectivity index is 2.01. The minimum absolute atomic E-state index is 0.0922. The molecule has 0 radical (unpaired) electrons. The monoisotopic (exact) mass is 394 g/mol. The Morgan fingerprint density at radius 1 is 1.19 bits per heavy atom. The fourth-order valence-corrected chi connectivity index (χ4v) is 3.85. The molecule has 0 spiro atoms. The van der Waals surface area contributed by atoms with E-state index in [1.807, 2.05) is 37.4 Å². The Kier molecular flexibility index (Phi) is 7.07. The van der Waals surface area contributed by atoms with Crippen LogP contribution in [0.3, 0.4) is 0 Å². The predicted molar refractivity (Wildman–Crippen MR) is 104 cm³/mol. The number of aryl methyl sites for hydroxylation is 1. The van der Waals surface area contributed by atoms with Crippen LogP contribution in [0.2, 0.25) is 0 Å². The van der Waals surface area contributed by atoms with Gasteiger partial charge in [0, 0.05) is 18.4 Å². The summed E-state index contributed by atoms with van der Waals surface area (Å²) >= 11 is 1.43. The van der Waals surface area contributed by atoms with Gasteiger partial charge in [0.15, 0.2) is 0 Å². The molecule has 1 amide bonds. The number of ether oxygens (including phenoxy) is 1. The fraction of sp³-hybridized carbons (Fsp3) is 0.278. The van der Waals surface area contributed by atoms with Crippen molar-refractivity contribution in [1.82, 2.24) is 4.72 Å². The number of amides is 1. The van der Waals surface area contributed by atoms with Gasteiger partial charge in [-0.2, -0.15) is 0 Å². The molecule has 0 fully saturated rings. The molecular formula is C18H22N2O4S2. The van der Waals surface area contributed by atoms with Crippen LogP contribution in [0.1, 0.15) is 12.5 Å². The smallest absolute Gasteiger partial charge is 0.240 e. The SMILES string of the molecule is CSc1ccc(S(=O)(=O)NCCOc2cccc(C)c2)cc1NC(C)=O. The number of hydrogen-bond donors (Lipinski definition) is 2. The van der Waals surface area contributed by atoms with Crippen molar-refractivity contribution in [3.05, 3.63) is 48.0 Å². The van der Waals surface area contributed by atoms with Crippen molar-refractivity contribution in [3.63, 3.8) is 0 Å². The van der Waals surface area contributed by atoms with Gasteiger partial charge >= 0.3 is 0 Å². The minimum atomic E-state index is -3.70. The van der Waals surface area contributed by atoms with Crippen molar-refractivity contribution < 1.29 is 17.9 Å². The number of sulfonamides is 1. The molecule has 2 N–H and O–H groups in total. The number of rotatable bonds is 8. The highest BCUT2D eigenvalue weighted by molar-refractivity contribution is 7.98. The molecule has 2 aromatic rings. The van der Waals surface area contributed by atoms with Crippen LogP contribution in [0.25, 0.3) is 0 Å². The minimum Gasteiger partial charge on any atom is -0.492 e. The highest BCUT2D eigenvalue weighted by atomic mass is 32.2. The zero-order valence-electron chi connectivity index (χ0n) is 14.9. The molecule has 8 heteroatoms. The number of carbonyl (C=O) groups is 1. The van der Waals surface area contributed by atoms with Gasteiger partial charge in [-0.25, -0.2) is 13.1 Å². The fourth-order valence-electron chi connectivity index (χ4n) is 2.27. The first kappa shape index (κ1) is 20.3. The molecule has 0 unspecified atom stereocenters. The van der Waals surface area contributed by atoms with Crippen molar-refractivity contribution in [2.45, 2.75) is 23.6 Å². The maximum Gasteiger partial charge on any atom is 0.240 e. The first-order valence-electron chi connectivity index (χ1n) is 7.96. The van der Waals surface area contributed by atoms with E-state index in [2.05, 4.69) is 10.0 Å². The zero-order chi connectivity index (χ0) is 19.2. The number of nitrogens with one attached hydrogen (secondary N) is 2. The van der Waals surface area contributed by atoms with Gasteiger partial charge in [-0.05, 0) is 49.1 Å². The molecule has 0 atom stereocenters. The van der Waals surface area contributed by atoms with E-state index in [0.717, 1.165) is 10.5 Å². The van der Waals surface area contributed by atoms with E-state index in [0.29, 0.717) is 11.4 Å².